The number of nitrogens with one attached hydrogen (secondary N) is 1. The molecular formula is C19H25N3O3. The molecule has 1 saturated carbocycles. The largest absolute Gasteiger partial charge is 0.388 e. The van der Waals surface area contributed by atoms with Crippen molar-refractivity contribution in [3.05, 3.63) is 47.6 Å². The molecule has 25 heavy (non-hydrogen) atoms. The van der Waals surface area contributed by atoms with E-state index in [-0.39, 0.29) is 18.2 Å². The molecule has 0 aliphatic heterocycles. The first-order chi connectivity index (χ1) is 12.0. The quantitative estimate of drug-likeness (QED) is 0.841. The Balaban J connectivity index is 1.72. The van der Waals surface area contributed by atoms with Crippen LogP contribution in [0.1, 0.15) is 75.3 Å². The molecule has 0 spiro atoms. The highest BCUT2D eigenvalue weighted by Crippen LogP contribution is 2.38. The first kappa shape index (κ1) is 17.6. The van der Waals surface area contributed by atoms with Gasteiger partial charge in [-0.2, -0.15) is 4.98 Å². The van der Waals surface area contributed by atoms with E-state index >= 15 is 0 Å². The van der Waals surface area contributed by atoms with E-state index < -0.39 is 11.6 Å². The molecule has 1 aromatic carbocycles. The molecule has 1 amide bonds. The van der Waals surface area contributed by atoms with Crippen LogP contribution in [0.4, 0.5) is 0 Å². The SMILES string of the molecule is CC(C)c1nc(C2(NC(=O)CC(O)c3ccccc3)CCCC2)no1. The molecule has 0 radical (unpaired) electrons. The lowest BCUT2D eigenvalue weighted by molar-refractivity contribution is -0.125. The third-order valence-corrected chi connectivity index (χ3v) is 4.76. The monoisotopic (exact) mass is 343 g/mol. The molecule has 6 heteroatoms. The van der Waals surface area contributed by atoms with Gasteiger partial charge in [-0.15, -0.1) is 0 Å². The third kappa shape index (κ3) is 3.90. The van der Waals surface area contributed by atoms with Crippen LogP contribution in [0.5, 0.6) is 0 Å². The third-order valence-electron chi connectivity index (χ3n) is 4.76. The molecule has 1 heterocycles. The molecule has 0 saturated heterocycles. The fourth-order valence-corrected chi connectivity index (χ4v) is 3.33. The van der Waals surface area contributed by atoms with Gasteiger partial charge in [0.25, 0.3) is 0 Å². The summed E-state index contributed by atoms with van der Waals surface area (Å²) in [6.45, 7) is 3.99. The fraction of sp³-hybridized carbons (Fsp3) is 0.526. The standard InChI is InChI=1S/C19H25N3O3/c1-13(2)17-20-18(22-25-17)19(10-6-7-11-19)21-16(24)12-15(23)14-8-4-3-5-9-14/h3-5,8-9,13,15,23H,6-7,10-12H2,1-2H3,(H,21,24). The number of hydrogen-bond donors (Lipinski definition) is 2. The fourth-order valence-electron chi connectivity index (χ4n) is 3.33. The lowest BCUT2D eigenvalue weighted by Gasteiger charge is -2.27. The maximum absolute atomic E-state index is 12.5. The summed E-state index contributed by atoms with van der Waals surface area (Å²) in [5.41, 5.74) is 0.157. The van der Waals surface area contributed by atoms with Crippen LogP contribution < -0.4 is 5.32 Å². The summed E-state index contributed by atoms with van der Waals surface area (Å²) < 4.78 is 5.33. The first-order valence-electron chi connectivity index (χ1n) is 8.88. The van der Waals surface area contributed by atoms with Crippen molar-refractivity contribution in [3.8, 4) is 0 Å². The predicted molar refractivity (Wildman–Crippen MR) is 92.7 cm³/mol. The Bertz CT molecular complexity index is 706. The second-order valence-electron chi connectivity index (χ2n) is 7.08. The van der Waals surface area contributed by atoms with E-state index in [9.17, 15) is 9.90 Å². The smallest absolute Gasteiger partial charge is 0.229 e. The van der Waals surface area contributed by atoms with Crippen molar-refractivity contribution in [3.63, 3.8) is 0 Å². The number of benzene rings is 1. The summed E-state index contributed by atoms with van der Waals surface area (Å²) in [5.74, 6) is 1.08. The van der Waals surface area contributed by atoms with Crippen molar-refractivity contribution in [2.75, 3.05) is 0 Å². The van der Waals surface area contributed by atoms with E-state index in [4.69, 9.17) is 4.52 Å². The Morgan fingerprint density at radius 3 is 2.56 bits per heavy atom. The van der Waals surface area contributed by atoms with Gasteiger partial charge in [-0.3, -0.25) is 4.79 Å². The molecule has 134 valence electrons. The molecule has 6 nitrogen and oxygen atoms in total. The van der Waals surface area contributed by atoms with Crippen molar-refractivity contribution in [1.82, 2.24) is 15.5 Å². The van der Waals surface area contributed by atoms with Crippen LogP contribution in [0, 0.1) is 0 Å². The summed E-state index contributed by atoms with van der Waals surface area (Å²) in [4.78, 5) is 17.0. The second kappa shape index (κ2) is 7.35. The van der Waals surface area contributed by atoms with Gasteiger partial charge in [0.1, 0.15) is 5.54 Å². The highest BCUT2D eigenvalue weighted by atomic mass is 16.5. The number of aliphatic hydroxyl groups excluding tert-OH is 1. The zero-order valence-corrected chi connectivity index (χ0v) is 14.7. The number of rotatable bonds is 6. The minimum atomic E-state index is -0.823. The van der Waals surface area contributed by atoms with Crippen molar-refractivity contribution in [2.24, 2.45) is 0 Å². The van der Waals surface area contributed by atoms with Crippen LogP contribution in [-0.4, -0.2) is 21.2 Å². The van der Waals surface area contributed by atoms with Crippen LogP contribution in [0.2, 0.25) is 0 Å². The molecule has 2 aromatic rings. The highest BCUT2D eigenvalue weighted by Gasteiger charge is 2.41. The number of hydrogen-bond acceptors (Lipinski definition) is 5. The van der Waals surface area contributed by atoms with Crippen molar-refractivity contribution < 1.29 is 14.4 Å². The van der Waals surface area contributed by atoms with Gasteiger partial charge >= 0.3 is 0 Å². The van der Waals surface area contributed by atoms with Gasteiger partial charge in [0.05, 0.1) is 12.5 Å². The Morgan fingerprint density at radius 1 is 1.28 bits per heavy atom. The number of aliphatic hydroxyl groups is 1. The van der Waals surface area contributed by atoms with Crippen LogP contribution >= 0.6 is 0 Å². The average Bonchev–Trinajstić information content (AvgIpc) is 3.25. The zero-order valence-electron chi connectivity index (χ0n) is 14.7. The highest BCUT2D eigenvalue weighted by molar-refractivity contribution is 5.77. The summed E-state index contributed by atoms with van der Waals surface area (Å²) in [6, 6.07) is 9.21. The van der Waals surface area contributed by atoms with E-state index in [1.54, 1.807) is 0 Å². The van der Waals surface area contributed by atoms with Gasteiger partial charge in [-0.1, -0.05) is 62.2 Å². The molecule has 1 atom stereocenters. The number of nitrogens with zero attached hydrogens (tertiary/aromatic N) is 2. The number of amides is 1. The van der Waals surface area contributed by atoms with Crippen molar-refractivity contribution in [2.45, 2.75) is 63.5 Å². The Morgan fingerprint density at radius 2 is 1.96 bits per heavy atom. The summed E-state index contributed by atoms with van der Waals surface area (Å²) >= 11 is 0. The maximum Gasteiger partial charge on any atom is 0.229 e. The van der Waals surface area contributed by atoms with Crippen molar-refractivity contribution in [1.29, 1.82) is 0 Å². The molecule has 1 aliphatic carbocycles. The van der Waals surface area contributed by atoms with Gasteiger partial charge in [-0.05, 0) is 18.4 Å². The van der Waals surface area contributed by atoms with Crippen LogP contribution in [-0.2, 0) is 10.3 Å². The minimum Gasteiger partial charge on any atom is -0.388 e. The first-order valence-corrected chi connectivity index (χ1v) is 8.88. The van der Waals surface area contributed by atoms with Crippen molar-refractivity contribution >= 4 is 5.91 Å². The number of carbonyl (C=O) groups excluding carboxylic acids is 1. The molecule has 1 fully saturated rings. The maximum atomic E-state index is 12.5. The number of aromatic nitrogens is 2. The van der Waals surface area contributed by atoms with Gasteiger partial charge in [0.15, 0.2) is 5.82 Å². The van der Waals surface area contributed by atoms with Crippen LogP contribution in [0.25, 0.3) is 0 Å². The second-order valence-corrected chi connectivity index (χ2v) is 7.08. The molecular weight excluding hydrogens is 318 g/mol. The molecule has 1 aliphatic rings. The van der Waals surface area contributed by atoms with Gasteiger partial charge in [0, 0.05) is 5.92 Å². The lowest BCUT2D eigenvalue weighted by atomic mass is 9.95. The average molecular weight is 343 g/mol. The van der Waals surface area contributed by atoms with Crippen LogP contribution in [0.15, 0.2) is 34.9 Å². The van der Waals surface area contributed by atoms with E-state index in [0.717, 1.165) is 31.2 Å². The Hall–Kier alpha value is -2.21. The predicted octanol–water partition coefficient (Wildman–Crippen LogP) is 3.20. The van der Waals surface area contributed by atoms with Gasteiger partial charge < -0.3 is 14.9 Å². The van der Waals surface area contributed by atoms with Crippen LogP contribution in [0.3, 0.4) is 0 Å². The molecule has 2 N–H and O–H groups in total. The van der Waals surface area contributed by atoms with Gasteiger partial charge in [-0.25, -0.2) is 0 Å². The minimum absolute atomic E-state index is 0.0145. The Labute approximate surface area is 147 Å². The molecule has 1 unspecified atom stereocenters. The zero-order chi connectivity index (χ0) is 17.9. The van der Waals surface area contributed by atoms with E-state index in [2.05, 4.69) is 15.5 Å². The van der Waals surface area contributed by atoms with Gasteiger partial charge in [0.2, 0.25) is 11.8 Å². The molecule has 3 rings (SSSR count). The summed E-state index contributed by atoms with van der Waals surface area (Å²) in [7, 11) is 0. The topological polar surface area (TPSA) is 88.2 Å². The molecule has 1 aromatic heterocycles. The summed E-state index contributed by atoms with van der Waals surface area (Å²) in [6.07, 6.45) is 2.78. The summed E-state index contributed by atoms with van der Waals surface area (Å²) in [5, 5.41) is 17.5. The van der Waals surface area contributed by atoms with E-state index in [1.807, 2.05) is 44.2 Å². The molecule has 0 bridgehead atoms. The normalized spacial score (nSPS) is 17.6. The number of carbonyl (C=O) groups is 1. The van der Waals surface area contributed by atoms with E-state index in [1.165, 1.54) is 0 Å². The van der Waals surface area contributed by atoms with E-state index in [0.29, 0.717) is 11.7 Å². The lowest BCUT2D eigenvalue weighted by Crippen LogP contribution is -2.45. The Kier molecular flexibility index (Phi) is 5.18.